The summed E-state index contributed by atoms with van der Waals surface area (Å²) in [6, 6.07) is 10.0. The lowest BCUT2D eigenvalue weighted by molar-refractivity contribution is 0.398. The van der Waals surface area contributed by atoms with Crippen LogP contribution < -0.4 is 5.32 Å². The van der Waals surface area contributed by atoms with Crippen molar-refractivity contribution in [3.63, 3.8) is 0 Å². The summed E-state index contributed by atoms with van der Waals surface area (Å²) in [5.41, 5.74) is 1.07. The van der Waals surface area contributed by atoms with Gasteiger partial charge in [0, 0.05) is 12.1 Å². The van der Waals surface area contributed by atoms with Gasteiger partial charge in [-0.15, -0.1) is 0 Å². The van der Waals surface area contributed by atoms with Crippen LogP contribution >= 0.6 is 0 Å². The standard InChI is InChI=1S/C15H23NO2S/c1-11(2)15-14(13-7-5-4-6-8-13)16-12(3)9-10-19(15,17)18/h4-8,11-12,14-16H,9-10H2,1-3H3. The molecule has 106 valence electrons. The SMILES string of the molecule is CC1CCS(=O)(=O)C(C(C)C)C(c2ccccc2)N1. The Hall–Kier alpha value is -0.870. The minimum absolute atomic E-state index is 0.105. The van der Waals surface area contributed by atoms with Gasteiger partial charge in [0.1, 0.15) is 0 Å². The summed E-state index contributed by atoms with van der Waals surface area (Å²) >= 11 is 0. The maximum atomic E-state index is 12.5. The van der Waals surface area contributed by atoms with Crippen molar-refractivity contribution in [1.29, 1.82) is 0 Å². The molecule has 4 heteroatoms. The van der Waals surface area contributed by atoms with Crippen molar-refractivity contribution >= 4 is 9.84 Å². The van der Waals surface area contributed by atoms with Gasteiger partial charge in [0.05, 0.1) is 11.0 Å². The molecule has 0 radical (unpaired) electrons. The highest BCUT2D eigenvalue weighted by Gasteiger charge is 2.39. The van der Waals surface area contributed by atoms with E-state index in [4.69, 9.17) is 0 Å². The second kappa shape index (κ2) is 5.63. The van der Waals surface area contributed by atoms with Gasteiger partial charge in [-0.1, -0.05) is 44.2 Å². The first-order valence-corrected chi connectivity index (χ1v) is 8.66. The lowest BCUT2D eigenvalue weighted by Gasteiger charge is -2.29. The first-order chi connectivity index (χ1) is 8.92. The van der Waals surface area contributed by atoms with E-state index in [2.05, 4.69) is 12.2 Å². The Morgan fingerprint density at radius 3 is 2.42 bits per heavy atom. The summed E-state index contributed by atoms with van der Waals surface area (Å²) in [5.74, 6) is 0.390. The fourth-order valence-electron chi connectivity index (χ4n) is 2.92. The summed E-state index contributed by atoms with van der Waals surface area (Å²) in [6.07, 6.45) is 0.689. The summed E-state index contributed by atoms with van der Waals surface area (Å²) < 4.78 is 25.1. The van der Waals surface area contributed by atoms with Crippen molar-refractivity contribution in [2.24, 2.45) is 5.92 Å². The molecular weight excluding hydrogens is 258 g/mol. The van der Waals surface area contributed by atoms with Crippen LogP contribution in [-0.2, 0) is 9.84 Å². The number of hydrogen-bond donors (Lipinski definition) is 1. The summed E-state index contributed by atoms with van der Waals surface area (Å²) in [6.45, 7) is 6.06. The highest BCUT2D eigenvalue weighted by Crippen LogP contribution is 2.31. The van der Waals surface area contributed by atoms with Crippen molar-refractivity contribution in [2.75, 3.05) is 5.75 Å². The third-order valence-corrected chi connectivity index (χ3v) is 6.31. The molecule has 1 aliphatic rings. The van der Waals surface area contributed by atoms with Crippen LogP contribution in [-0.4, -0.2) is 25.5 Å². The molecule has 3 atom stereocenters. The fraction of sp³-hybridized carbons (Fsp3) is 0.600. The maximum Gasteiger partial charge on any atom is 0.155 e. The molecule has 1 heterocycles. The van der Waals surface area contributed by atoms with Crippen molar-refractivity contribution in [3.8, 4) is 0 Å². The summed E-state index contributed by atoms with van der Waals surface area (Å²) in [7, 11) is -3.05. The Bertz CT molecular complexity index is 510. The van der Waals surface area contributed by atoms with Crippen LogP contribution in [0.25, 0.3) is 0 Å². The summed E-state index contributed by atoms with van der Waals surface area (Å²) in [4.78, 5) is 0. The van der Waals surface area contributed by atoms with Gasteiger partial charge in [0.25, 0.3) is 0 Å². The molecule has 1 aromatic carbocycles. The van der Waals surface area contributed by atoms with E-state index in [0.717, 1.165) is 5.56 Å². The normalized spacial score (nSPS) is 31.1. The monoisotopic (exact) mass is 281 g/mol. The molecule has 1 aromatic rings. The zero-order chi connectivity index (χ0) is 14.0. The van der Waals surface area contributed by atoms with Gasteiger partial charge in [-0.05, 0) is 24.8 Å². The van der Waals surface area contributed by atoms with Crippen molar-refractivity contribution in [2.45, 2.75) is 44.5 Å². The van der Waals surface area contributed by atoms with E-state index >= 15 is 0 Å². The molecule has 2 rings (SSSR count). The average Bonchev–Trinajstić information content (AvgIpc) is 2.47. The van der Waals surface area contributed by atoms with Gasteiger partial charge in [-0.2, -0.15) is 0 Å². The van der Waals surface area contributed by atoms with E-state index in [9.17, 15) is 8.42 Å². The Balaban J connectivity index is 2.46. The van der Waals surface area contributed by atoms with Gasteiger partial charge in [0.2, 0.25) is 0 Å². The minimum atomic E-state index is -3.05. The second-order valence-corrected chi connectivity index (χ2v) is 8.10. The lowest BCUT2D eigenvalue weighted by atomic mass is 9.95. The first-order valence-electron chi connectivity index (χ1n) is 6.94. The largest absolute Gasteiger partial charge is 0.306 e. The van der Waals surface area contributed by atoms with Gasteiger partial charge in [0.15, 0.2) is 9.84 Å². The molecule has 1 saturated heterocycles. The molecule has 1 aliphatic heterocycles. The molecule has 0 bridgehead atoms. The number of rotatable bonds is 2. The third-order valence-electron chi connectivity index (χ3n) is 3.86. The first kappa shape index (κ1) is 14.5. The van der Waals surface area contributed by atoms with E-state index in [1.807, 2.05) is 44.2 Å². The molecule has 0 aliphatic carbocycles. The second-order valence-electron chi connectivity index (χ2n) is 5.82. The molecule has 19 heavy (non-hydrogen) atoms. The topological polar surface area (TPSA) is 46.2 Å². The zero-order valence-corrected chi connectivity index (χ0v) is 12.7. The Morgan fingerprint density at radius 1 is 1.21 bits per heavy atom. The zero-order valence-electron chi connectivity index (χ0n) is 11.8. The van der Waals surface area contributed by atoms with Crippen LogP contribution in [0.15, 0.2) is 30.3 Å². The lowest BCUT2D eigenvalue weighted by Crippen LogP contribution is -2.40. The van der Waals surface area contributed by atoms with E-state index in [1.165, 1.54) is 0 Å². The molecule has 3 nitrogen and oxygen atoms in total. The van der Waals surface area contributed by atoms with Gasteiger partial charge >= 0.3 is 0 Å². The smallest absolute Gasteiger partial charge is 0.155 e. The Labute approximate surface area is 116 Å². The molecule has 1 fully saturated rings. The highest BCUT2D eigenvalue weighted by molar-refractivity contribution is 7.92. The highest BCUT2D eigenvalue weighted by atomic mass is 32.2. The molecule has 3 unspecified atom stereocenters. The van der Waals surface area contributed by atoms with Crippen LogP contribution in [0.4, 0.5) is 0 Å². The Morgan fingerprint density at radius 2 is 1.84 bits per heavy atom. The van der Waals surface area contributed by atoms with E-state index in [0.29, 0.717) is 6.42 Å². The molecular formula is C15H23NO2S. The quantitative estimate of drug-likeness (QED) is 0.906. The number of sulfone groups is 1. The predicted octanol–water partition coefficient (Wildman–Crippen LogP) is 2.55. The van der Waals surface area contributed by atoms with E-state index < -0.39 is 9.84 Å². The predicted molar refractivity (Wildman–Crippen MR) is 78.8 cm³/mol. The maximum absolute atomic E-state index is 12.5. The minimum Gasteiger partial charge on any atom is -0.306 e. The fourth-order valence-corrected chi connectivity index (χ4v) is 5.35. The van der Waals surface area contributed by atoms with Crippen LogP contribution in [0.1, 0.15) is 38.8 Å². The third kappa shape index (κ3) is 3.18. The van der Waals surface area contributed by atoms with Crippen molar-refractivity contribution in [1.82, 2.24) is 5.32 Å². The van der Waals surface area contributed by atoms with Crippen LogP contribution in [0.5, 0.6) is 0 Å². The van der Waals surface area contributed by atoms with Gasteiger partial charge in [-0.25, -0.2) is 8.42 Å². The van der Waals surface area contributed by atoms with E-state index in [-0.39, 0.29) is 29.0 Å². The summed E-state index contributed by atoms with van der Waals surface area (Å²) in [5, 5.41) is 3.16. The molecule has 0 amide bonds. The van der Waals surface area contributed by atoms with Crippen LogP contribution in [0.3, 0.4) is 0 Å². The molecule has 0 spiro atoms. The Kier molecular flexibility index (Phi) is 4.31. The number of hydrogen-bond acceptors (Lipinski definition) is 3. The van der Waals surface area contributed by atoms with Crippen molar-refractivity contribution in [3.05, 3.63) is 35.9 Å². The molecule has 0 saturated carbocycles. The number of nitrogens with one attached hydrogen (secondary N) is 1. The number of benzene rings is 1. The van der Waals surface area contributed by atoms with Gasteiger partial charge in [-0.3, -0.25) is 0 Å². The molecule has 0 aromatic heterocycles. The molecule has 1 N–H and O–H groups in total. The van der Waals surface area contributed by atoms with Crippen LogP contribution in [0, 0.1) is 5.92 Å². The average molecular weight is 281 g/mol. The van der Waals surface area contributed by atoms with E-state index in [1.54, 1.807) is 0 Å². The van der Waals surface area contributed by atoms with Crippen LogP contribution in [0.2, 0.25) is 0 Å². The van der Waals surface area contributed by atoms with Gasteiger partial charge < -0.3 is 5.32 Å². The van der Waals surface area contributed by atoms with Crippen molar-refractivity contribution < 1.29 is 8.42 Å².